The normalized spacial score (nSPS) is 20.6. The molecule has 2 aromatic rings. The summed E-state index contributed by atoms with van der Waals surface area (Å²) in [5.74, 6) is 0. The molecule has 0 amide bonds. The molecule has 2 aromatic carbocycles. The molecular weight excluding hydrogens is 246 g/mol. The van der Waals surface area contributed by atoms with Gasteiger partial charge >= 0.3 is 0 Å². The van der Waals surface area contributed by atoms with E-state index in [2.05, 4.69) is 72.5 Å². The molecule has 1 aliphatic rings. The molecule has 2 heteroatoms. The fourth-order valence-corrected chi connectivity index (χ4v) is 2.63. The molecule has 0 unspecified atom stereocenters. The zero-order valence-electron chi connectivity index (χ0n) is 11.9. The van der Waals surface area contributed by atoms with Crippen LogP contribution in [-0.2, 0) is 4.74 Å². The van der Waals surface area contributed by atoms with Gasteiger partial charge in [0.2, 0.25) is 0 Å². The highest BCUT2D eigenvalue weighted by Gasteiger charge is 2.39. The van der Waals surface area contributed by atoms with Crippen LogP contribution in [0.25, 0.3) is 0 Å². The van der Waals surface area contributed by atoms with Crippen molar-refractivity contribution in [1.82, 2.24) is 0 Å². The number of nitrogens with zero attached hydrogens (tertiary/aromatic N) is 1. The molecule has 1 heterocycles. The van der Waals surface area contributed by atoms with Gasteiger partial charge < -0.3 is 9.64 Å². The van der Waals surface area contributed by atoms with Crippen LogP contribution in [0.5, 0.6) is 0 Å². The van der Waals surface area contributed by atoms with Crippen LogP contribution in [0.4, 0.5) is 11.4 Å². The van der Waals surface area contributed by atoms with Gasteiger partial charge in [0.1, 0.15) is 6.10 Å². The maximum absolute atomic E-state index is 5.79. The zero-order chi connectivity index (χ0) is 13.8. The van der Waals surface area contributed by atoms with E-state index in [1.165, 1.54) is 24.2 Å². The number of benzene rings is 2. The Labute approximate surface area is 121 Å². The van der Waals surface area contributed by atoms with Crippen LogP contribution in [0.3, 0.4) is 0 Å². The summed E-state index contributed by atoms with van der Waals surface area (Å²) in [6.45, 7) is 3.14. The lowest BCUT2D eigenvalue weighted by atomic mass is 10.1. The van der Waals surface area contributed by atoms with E-state index >= 15 is 0 Å². The number of hydrogen-bond donors (Lipinski definition) is 0. The van der Waals surface area contributed by atoms with Gasteiger partial charge in [0, 0.05) is 11.4 Å². The molecule has 0 bridgehead atoms. The van der Waals surface area contributed by atoms with Crippen molar-refractivity contribution in [2.75, 3.05) is 11.4 Å². The van der Waals surface area contributed by atoms with Crippen molar-refractivity contribution in [1.29, 1.82) is 0 Å². The van der Waals surface area contributed by atoms with Crippen LogP contribution in [0.15, 0.2) is 60.7 Å². The van der Waals surface area contributed by atoms with E-state index in [1.807, 2.05) is 0 Å². The lowest BCUT2D eigenvalue weighted by molar-refractivity contribution is 0.363. The van der Waals surface area contributed by atoms with Gasteiger partial charge in [-0.15, -0.1) is 0 Å². The van der Waals surface area contributed by atoms with Gasteiger partial charge in [-0.05, 0) is 30.7 Å². The van der Waals surface area contributed by atoms with Gasteiger partial charge in [-0.25, -0.2) is 0 Å². The van der Waals surface area contributed by atoms with Gasteiger partial charge in [0.05, 0.1) is 12.6 Å². The molecule has 20 heavy (non-hydrogen) atoms. The SMILES string of the molecule is CCC[C@@H]1O[C@@H]1CN(c1ccccc1)c1ccccc1. The Balaban J connectivity index is 1.78. The second-order valence-corrected chi connectivity index (χ2v) is 5.28. The molecule has 3 rings (SSSR count). The largest absolute Gasteiger partial charge is 0.368 e. The van der Waals surface area contributed by atoms with E-state index in [0.717, 1.165) is 6.54 Å². The molecule has 1 saturated heterocycles. The zero-order valence-corrected chi connectivity index (χ0v) is 11.9. The first kappa shape index (κ1) is 13.2. The minimum atomic E-state index is 0.371. The van der Waals surface area contributed by atoms with Crippen molar-refractivity contribution in [2.45, 2.75) is 32.0 Å². The second kappa shape index (κ2) is 6.10. The van der Waals surface area contributed by atoms with E-state index in [4.69, 9.17) is 4.74 Å². The van der Waals surface area contributed by atoms with Crippen LogP contribution in [0.2, 0.25) is 0 Å². The summed E-state index contributed by atoms with van der Waals surface area (Å²) in [6, 6.07) is 21.1. The molecule has 1 fully saturated rings. The molecule has 0 N–H and O–H groups in total. The van der Waals surface area contributed by atoms with Gasteiger partial charge in [-0.1, -0.05) is 49.7 Å². The number of ether oxygens (including phenoxy) is 1. The van der Waals surface area contributed by atoms with Crippen molar-refractivity contribution >= 4 is 11.4 Å². The van der Waals surface area contributed by atoms with Crippen LogP contribution in [0, 0.1) is 0 Å². The monoisotopic (exact) mass is 267 g/mol. The average molecular weight is 267 g/mol. The Morgan fingerprint density at radius 3 is 1.90 bits per heavy atom. The topological polar surface area (TPSA) is 15.8 Å². The van der Waals surface area contributed by atoms with Crippen molar-refractivity contribution in [3.05, 3.63) is 60.7 Å². The maximum atomic E-state index is 5.79. The van der Waals surface area contributed by atoms with Crippen molar-refractivity contribution in [2.24, 2.45) is 0 Å². The number of rotatable bonds is 6. The fourth-order valence-electron chi connectivity index (χ4n) is 2.63. The average Bonchev–Trinajstić information content (AvgIpc) is 3.25. The highest BCUT2D eigenvalue weighted by molar-refractivity contribution is 5.63. The third kappa shape index (κ3) is 3.02. The fraction of sp³-hybridized carbons (Fsp3) is 0.333. The Kier molecular flexibility index (Phi) is 4.03. The molecule has 0 spiro atoms. The Morgan fingerprint density at radius 2 is 1.40 bits per heavy atom. The van der Waals surface area contributed by atoms with Gasteiger partial charge in [0.15, 0.2) is 0 Å². The third-order valence-corrected chi connectivity index (χ3v) is 3.76. The first-order valence-electron chi connectivity index (χ1n) is 7.41. The van der Waals surface area contributed by atoms with Gasteiger partial charge in [0.25, 0.3) is 0 Å². The Bertz CT molecular complexity index is 486. The minimum Gasteiger partial charge on any atom is -0.368 e. The molecule has 104 valence electrons. The standard InChI is InChI=1S/C18H21NO/c1-2-9-17-18(20-17)14-19(15-10-5-3-6-11-15)16-12-7-4-8-13-16/h3-8,10-13,17-18H,2,9,14H2,1H3/t17-,18+/m0/s1. The van der Waals surface area contributed by atoms with Gasteiger partial charge in [-0.3, -0.25) is 0 Å². The third-order valence-electron chi connectivity index (χ3n) is 3.76. The van der Waals surface area contributed by atoms with E-state index in [1.54, 1.807) is 0 Å². The van der Waals surface area contributed by atoms with Gasteiger partial charge in [-0.2, -0.15) is 0 Å². The highest BCUT2D eigenvalue weighted by atomic mass is 16.6. The van der Waals surface area contributed by atoms with Crippen molar-refractivity contribution in [3.8, 4) is 0 Å². The molecule has 2 nitrogen and oxygen atoms in total. The number of epoxide rings is 1. The Hall–Kier alpha value is -1.80. The summed E-state index contributed by atoms with van der Waals surface area (Å²) in [4.78, 5) is 2.35. The molecule has 2 atom stereocenters. The molecule has 1 aliphatic heterocycles. The predicted octanol–water partition coefficient (Wildman–Crippen LogP) is 4.39. The maximum Gasteiger partial charge on any atom is 0.102 e. The van der Waals surface area contributed by atoms with Crippen LogP contribution >= 0.6 is 0 Å². The first-order chi connectivity index (χ1) is 9.88. The van der Waals surface area contributed by atoms with E-state index in [-0.39, 0.29) is 0 Å². The van der Waals surface area contributed by atoms with E-state index < -0.39 is 0 Å². The molecular formula is C18H21NO. The molecule has 0 saturated carbocycles. The number of hydrogen-bond acceptors (Lipinski definition) is 2. The van der Waals surface area contributed by atoms with Crippen LogP contribution < -0.4 is 4.90 Å². The second-order valence-electron chi connectivity index (χ2n) is 5.28. The van der Waals surface area contributed by atoms with Crippen LogP contribution in [-0.4, -0.2) is 18.8 Å². The first-order valence-corrected chi connectivity index (χ1v) is 7.41. The lowest BCUT2D eigenvalue weighted by Gasteiger charge is -2.24. The van der Waals surface area contributed by atoms with E-state index in [9.17, 15) is 0 Å². The highest BCUT2D eigenvalue weighted by Crippen LogP contribution is 2.32. The summed E-state index contributed by atoms with van der Waals surface area (Å²) in [5, 5.41) is 0. The Morgan fingerprint density at radius 1 is 0.850 bits per heavy atom. The summed E-state index contributed by atoms with van der Waals surface area (Å²) in [7, 11) is 0. The summed E-state index contributed by atoms with van der Waals surface area (Å²) >= 11 is 0. The minimum absolute atomic E-state index is 0.371. The smallest absolute Gasteiger partial charge is 0.102 e. The predicted molar refractivity (Wildman–Crippen MR) is 83.5 cm³/mol. The summed E-state index contributed by atoms with van der Waals surface area (Å²) in [6.07, 6.45) is 3.19. The summed E-state index contributed by atoms with van der Waals surface area (Å²) in [5.41, 5.74) is 2.45. The summed E-state index contributed by atoms with van der Waals surface area (Å²) < 4.78 is 5.79. The van der Waals surface area contributed by atoms with Crippen molar-refractivity contribution < 1.29 is 4.74 Å². The van der Waals surface area contributed by atoms with Crippen LogP contribution in [0.1, 0.15) is 19.8 Å². The quantitative estimate of drug-likeness (QED) is 0.721. The molecule has 0 aromatic heterocycles. The van der Waals surface area contributed by atoms with E-state index in [0.29, 0.717) is 12.2 Å². The lowest BCUT2D eigenvalue weighted by Crippen LogP contribution is -2.23. The number of para-hydroxylation sites is 2. The molecule has 0 aliphatic carbocycles. The van der Waals surface area contributed by atoms with Crippen molar-refractivity contribution in [3.63, 3.8) is 0 Å². The number of anilines is 2. The molecule has 0 radical (unpaired) electrons.